The zero-order valence-corrected chi connectivity index (χ0v) is 17.2. The van der Waals surface area contributed by atoms with Gasteiger partial charge in [-0.05, 0) is 41.5 Å². The van der Waals surface area contributed by atoms with Gasteiger partial charge in [-0.1, -0.05) is 72.3 Å². The molecule has 0 bridgehead atoms. The maximum absolute atomic E-state index is 12.6. The van der Waals surface area contributed by atoms with Gasteiger partial charge in [-0.15, -0.1) is 0 Å². The minimum atomic E-state index is -0.210. The van der Waals surface area contributed by atoms with Gasteiger partial charge in [0.1, 0.15) is 6.54 Å². The monoisotopic (exact) mass is 421 g/mol. The fourth-order valence-electron chi connectivity index (χ4n) is 3.52. The fraction of sp³-hybridized carbons (Fsp3) is 0.130. The number of nitrogens with zero attached hydrogens (tertiary/aromatic N) is 1. The van der Waals surface area contributed by atoms with Gasteiger partial charge in [0.05, 0.1) is 6.04 Å². The lowest BCUT2D eigenvalue weighted by Crippen LogP contribution is -2.44. The van der Waals surface area contributed by atoms with Crippen molar-refractivity contribution in [1.29, 1.82) is 0 Å². The molecule has 1 amide bonds. The van der Waals surface area contributed by atoms with Gasteiger partial charge in [0.15, 0.2) is 5.11 Å². The topological polar surface area (TPSA) is 44.4 Å². The number of hydrogen-bond donors (Lipinski definition) is 2. The SMILES string of the molecule is O=C1CN(C(=S)NCc2ccccc2)[C@H](c2ccc(Cl)cc2)c2ccccc2N1. The Balaban J connectivity index is 1.69. The van der Waals surface area contributed by atoms with Gasteiger partial charge in [0.2, 0.25) is 5.91 Å². The number of hydrogen-bond acceptors (Lipinski definition) is 2. The van der Waals surface area contributed by atoms with Crippen LogP contribution in [0.15, 0.2) is 78.9 Å². The molecule has 0 aromatic heterocycles. The summed E-state index contributed by atoms with van der Waals surface area (Å²) in [6.07, 6.45) is 0. The molecule has 0 fully saturated rings. The molecule has 0 radical (unpaired) electrons. The Bertz CT molecular complexity index is 1020. The predicted octanol–water partition coefficient (Wildman–Crippen LogP) is 4.76. The largest absolute Gasteiger partial charge is 0.358 e. The van der Waals surface area contributed by atoms with E-state index in [4.69, 9.17) is 23.8 Å². The van der Waals surface area contributed by atoms with E-state index < -0.39 is 0 Å². The number of nitrogens with one attached hydrogen (secondary N) is 2. The van der Waals surface area contributed by atoms with Crippen LogP contribution in [0.1, 0.15) is 22.7 Å². The first-order chi connectivity index (χ1) is 14.1. The average Bonchev–Trinajstić information content (AvgIpc) is 2.89. The molecule has 0 saturated carbocycles. The maximum atomic E-state index is 12.6. The molecule has 1 aliphatic rings. The number of amides is 1. The molecule has 4 rings (SSSR count). The van der Waals surface area contributed by atoms with Crippen molar-refractivity contribution < 1.29 is 4.79 Å². The first kappa shape index (κ1) is 19.4. The van der Waals surface area contributed by atoms with E-state index in [-0.39, 0.29) is 18.5 Å². The zero-order chi connectivity index (χ0) is 20.2. The summed E-state index contributed by atoms with van der Waals surface area (Å²) in [5.41, 5.74) is 3.93. The molecular formula is C23H20ClN3OS. The number of benzene rings is 3. The van der Waals surface area contributed by atoms with Crippen LogP contribution in [0.2, 0.25) is 5.02 Å². The van der Waals surface area contributed by atoms with Gasteiger partial charge in [-0.25, -0.2) is 0 Å². The van der Waals surface area contributed by atoms with Gasteiger partial charge < -0.3 is 15.5 Å². The van der Waals surface area contributed by atoms with E-state index in [0.717, 1.165) is 22.4 Å². The lowest BCUT2D eigenvalue weighted by Gasteiger charge is -2.32. The molecule has 6 heteroatoms. The van der Waals surface area contributed by atoms with Gasteiger partial charge in [-0.2, -0.15) is 0 Å². The Kier molecular flexibility index (Phi) is 5.79. The second-order valence-electron chi connectivity index (χ2n) is 6.86. The van der Waals surface area contributed by atoms with E-state index in [1.807, 2.05) is 83.8 Å². The Morgan fingerprint density at radius 2 is 1.72 bits per heavy atom. The Morgan fingerprint density at radius 3 is 2.48 bits per heavy atom. The third kappa shape index (κ3) is 4.42. The highest BCUT2D eigenvalue weighted by Crippen LogP contribution is 2.36. The number of rotatable bonds is 3. The number of carbonyl (C=O) groups is 1. The normalized spacial score (nSPS) is 15.8. The van der Waals surface area contributed by atoms with Crippen molar-refractivity contribution in [2.75, 3.05) is 11.9 Å². The summed E-state index contributed by atoms with van der Waals surface area (Å²) in [6, 6.07) is 25.3. The number of fused-ring (bicyclic) bond motifs is 1. The van der Waals surface area contributed by atoms with Crippen LogP contribution >= 0.6 is 23.8 Å². The Labute approximate surface area is 180 Å². The first-order valence-electron chi connectivity index (χ1n) is 9.34. The lowest BCUT2D eigenvalue weighted by atomic mass is 9.96. The van der Waals surface area contributed by atoms with Crippen molar-refractivity contribution in [2.45, 2.75) is 12.6 Å². The van der Waals surface area contributed by atoms with Crippen LogP contribution in [0, 0.1) is 0 Å². The van der Waals surface area contributed by atoms with Crippen molar-refractivity contribution in [1.82, 2.24) is 10.2 Å². The second kappa shape index (κ2) is 8.64. The first-order valence-corrected chi connectivity index (χ1v) is 10.1. The van der Waals surface area contributed by atoms with Crippen LogP contribution in [0.3, 0.4) is 0 Å². The highest BCUT2D eigenvalue weighted by atomic mass is 35.5. The van der Waals surface area contributed by atoms with Crippen LogP contribution in [-0.2, 0) is 11.3 Å². The second-order valence-corrected chi connectivity index (χ2v) is 7.68. The third-order valence-corrected chi connectivity index (χ3v) is 5.52. The van der Waals surface area contributed by atoms with Gasteiger partial charge in [0, 0.05) is 22.8 Å². The molecule has 1 atom stereocenters. The molecule has 0 unspecified atom stereocenters. The molecule has 29 heavy (non-hydrogen) atoms. The number of carbonyl (C=O) groups excluding carboxylic acids is 1. The Morgan fingerprint density at radius 1 is 1.03 bits per heavy atom. The van der Waals surface area contributed by atoms with E-state index in [0.29, 0.717) is 16.7 Å². The molecular weight excluding hydrogens is 402 g/mol. The molecule has 1 aliphatic heterocycles. The molecule has 2 N–H and O–H groups in total. The third-order valence-electron chi connectivity index (χ3n) is 4.89. The average molecular weight is 422 g/mol. The van der Waals surface area contributed by atoms with E-state index >= 15 is 0 Å². The van der Waals surface area contributed by atoms with Gasteiger partial charge in [-0.3, -0.25) is 4.79 Å². The van der Waals surface area contributed by atoms with Crippen molar-refractivity contribution in [3.8, 4) is 0 Å². The van der Waals surface area contributed by atoms with Crippen LogP contribution < -0.4 is 10.6 Å². The summed E-state index contributed by atoms with van der Waals surface area (Å²) in [5, 5.41) is 7.50. The summed E-state index contributed by atoms with van der Waals surface area (Å²) in [4.78, 5) is 14.5. The van der Waals surface area contributed by atoms with Crippen molar-refractivity contribution >= 4 is 40.5 Å². The predicted molar refractivity (Wildman–Crippen MR) is 121 cm³/mol. The summed E-state index contributed by atoms with van der Waals surface area (Å²) in [5.74, 6) is -0.0993. The van der Waals surface area contributed by atoms with E-state index in [2.05, 4.69) is 10.6 Å². The molecule has 146 valence electrons. The summed E-state index contributed by atoms with van der Waals surface area (Å²) >= 11 is 11.8. The molecule has 0 spiro atoms. The Hall–Kier alpha value is -2.89. The smallest absolute Gasteiger partial charge is 0.244 e. The molecule has 3 aromatic carbocycles. The van der Waals surface area contributed by atoms with Crippen LogP contribution in [0.25, 0.3) is 0 Å². The molecule has 1 heterocycles. The van der Waals surface area contributed by atoms with E-state index in [1.165, 1.54) is 0 Å². The molecule has 0 aliphatic carbocycles. The number of thiocarbonyl (C=S) groups is 1. The number of para-hydroxylation sites is 1. The molecule has 3 aromatic rings. The summed E-state index contributed by atoms with van der Waals surface area (Å²) < 4.78 is 0. The lowest BCUT2D eigenvalue weighted by molar-refractivity contribution is -0.116. The van der Waals surface area contributed by atoms with Crippen LogP contribution in [-0.4, -0.2) is 22.5 Å². The van der Waals surface area contributed by atoms with Gasteiger partial charge >= 0.3 is 0 Å². The van der Waals surface area contributed by atoms with Gasteiger partial charge in [0.25, 0.3) is 0 Å². The minimum absolute atomic E-state index is 0.0993. The number of anilines is 1. The van der Waals surface area contributed by atoms with E-state index in [9.17, 15) is 4.79 Å². The molecule has 0 saturated heterocycles. The van der Waals surface area contributed by atoms with Crippen LogP contribution in [0.5, 0.6) is 0 Å². The zero-order valence-electron chi connectivity index (χ0n) is 15.6. The fourth-order valence-corrected chi connectivity index (χ4v) is 3.89. The maximum Gasteiger partial charge on any atom is 0.244 e. The minimum Gasteiger partial charge on any atom is -0.358 e. The summed E-state index contributed by atoms with van der Waals surface area (Å²) in [6.45, 7) is 0.745. The van der Waals surface area contributed by atoms with Crippen molar-refractivity contribution in [3.63, 3.8) is 0 Å². The van der Waals surface area contributed by atoms with Crippen LogP contribution in [0.4, 0.5) is 5.69 Å². The summed E-state index contributed by atoms with van der Waals surface area (Å²) in [7, 11) is 0. The van der Waals surface area contributed by atoms with E-state index in [1.54, 1.807) is 0 Å². The molecule has 4 nitrogen and oxygen atoms in total. The quantitative estimate of drug-likeness (QED) is 0.598. The van der Waals surface area contributed by atoms with Crippen molar-refractivity contribution in [3.05, 3.63) is 101 Å². The number of halogens is 1. The van der Waals surface area contributed by atoms with Crippen molar-refractivity contribution in [2.24, 2.45) is 0 Å². The highest BCUT2D eigenvalue weighted by molar-refractivity contribution is 7.80. The highest BCUT2D eigenvalue weighted by Gasteiger charge is 2.31. The standard InChI is InChI=1S/C23H20ClN3OS/c24-18-12-10-17(11-13-18)22-19-8-4-5-9-20(19)26-21(28)15-27(22)23(29)25-14-16-6-2-1-3-7-16/h1-13,22H,14-15H2,(H,25,29)(H,26,28)/t22-/m1/s1.